The number of carbonyl (C=O) groups is 1. The van der Waals surface area contributed by atoms with Crippen LogP contribution in [-0.4, -0.2) is 21.8 Å². The SMILES string of the molecule is O=C1CS[C@H](c2ccccc2)N1NC(=S)Nc1ccccc1. The van der Waals surface area contributed by atoms with Crippen molar-refractivity contribution >= 4 is 40.7 Å². The molecule has 22 heavy (non-hydrogen) atoms. The summed E-state index contributed by atoms with van der Waals surface area (Å²) in [6, 6.07) is 19.6. The minimum Gasteiger partial charge on any atom is -0.331 e. The molecule has 1 heterocycles. The highest BCUT2D eigenvalue weighted by atomic mass is 32.2. The third kappa shape index (κ3) is 3.40. The molecule has 0 saturated carbocycles. The molecule has 112 valence electrons. The van der Waals surface area contributed by atoms with Crippen LogP contribution in [0.3, 0.4) is 0 Å². The van der Waals surface area contributed by atoms with E-state index in [1.54, 1.807) is 16.8 Å². The third-order valence-corrected chi connectivity index (χ3v) is 4.61. The molecule has 4 nitrogen and oxygen atoms in total. The number of hydrogen-bond donors (Lipinski definition) is 2. The van der Waals surface area contributed by atoms with Gasteiger partial charge in [0.1, 0.15) is 5.37 Å². The average molecular weight is 329 g/mol. The average Bonchev–Trinajstić information content (AvgIpc) is 2.90. The van der Waals surface area contributed by atoms with Gasteiger partial charge in [-0.05, 0) is 29.9 Å². The second-order valence-electron chi connectivity index (χ2n) is 4.77. The van der Waals surface area contributed by atoms with Crippen molar-refractivity contribution in [3.63, 3.8) is 0 Å². The topological polar surface area (TPSA) is 44.4 Å². The van der Waals surface area contributed by atoms with Gasteiger partial charge in [-0.25, -0.2) is 5.01 Å². The van der Waals surface area contributed by atoms with Crippen molar-refractivity contribution in [3.05, 3.63) is 66.2 Å². The maximum absolute atomic E-state index is 12.1. The second-order valence-corrected chi connectivity index (χ2v) is 6.25. The van der Waals surface area contributed by atoms with E-state index in [1.807, 2.05) is 60.7 Å². The van der Waals surface area contributed by atoms with Crippen LogP contribution in [0.2, 0.25) is 0 Å². The van der Waals surface area contributed by atoms with Crippen LogP contribution in [0.4, 0.5) is 5.69 Å². The van der Waals surface area contributed by atoms with E-state index in [0.29, 0.717) is 10.9 Å². The van der Waals surface area contributed by atoms with Crippen LogP contribution < -0.4 is 10.7 Å². The summed E-state index contributed by atoms with van der Waals surface area (Å²) in [4.78, 5) is 12.1. The molecule has 3 rings (SSSR count). The molecule has 1 aliphatic rings. The summed E-state index contributed by atoms with van der Waals surface area (Å²) in [6.45, 7) is 0. The van der Waals surface area contributed by atoms with Crippen LogP contribution in [0, 0.1) is 0 Å². The van der Waals surface area contributed by atoms with E-state index in [0.717, 1.165) is 11.3 Å². The van der Waals surface area contributed by atoms with E-state index < -0.39 is 0 Å². The number of thioether (sulfide) groups is 1. The molecule has 1 atom stereocenters. The summed E-state index contributed by atoms with van der Waals surface area (Å²) >= 11 is 6.89. The van der Waals surface area contributed by atoms with Gasteiger partial charge in [-0.15, -0.1) is 11.8 Å². The van der Waals surface area contributed by atoms with E-state index >= 15 is 0 Å². The maximum atomic E-state index is 12.1. The highest BCUT2D eigenvalue weighted by molar-refractivity contribution is 8.00. The molecule has 6 heteroatoms. The van der Waals surface area contributed by atoms with E-state index in [-0.39, 0.29) is 11.3 Å². The van der Waals surface area contributed by atoms with Gasteiger partial charge >= 0.3 is 0 Å². The molecule has 2 aromatic rings. The lowest BCUT2D eigenvalue weighted by Gasteiger charge is -2.26. The van der Waals surface area contributed by atoms with Gasteiger partial charge in [-0.1, -0.05) is 48.5 Å². The number of benzene rings is 2. The fourth-order valence-corrected chi connectivity index (χ4v) is 3.52. The Morgan fingerprint density at radius 3 is 2.41 bits per heavy atom. The Morgan fingerprint density at radius 1 is 1.09 bits per heavy atom. The number of hydrogen-bond acceptors (Lipinski definition) is 3. The zero-order valence-electron chi connectivity index (χ0n) is 11.7. The van der Waals surface area contributed by atoms with Gasteiger partial charge < -0.3 is 5.32 Å². The van der Waals surface area contributed by atoms with Crippen molar-refractivity contribution in [2.45, 2.75) is 5.37 Å². The predicted octanol–water partition coefficient (Wildman–Crippen LogP) is 3.16. The lowest BCUT2D eigenvalue weighted by atomic mass is 10.2. The van der Waals surface area contributed by atoms with E-state index in [1.165, 1.54) is 0 Å². The summed E-state index contributed by atoms with van der Waals surface area (Å²) < 4.78 is 0. The maximum Gasteiger partial charge on any atom is 0.252 e. The molecule has 2 N–H and O–H groups in total. The molecule has 0 radical (unpaired) electrons. The van der Waals surface area contributed by atoms with Crippen LogP contribution in [0.25, 0.3) is 0 Å². The molecule has 1 fully saturated rings. The van der Waals surface area contributed by atoms with Crippen molar-refractivity contribution in [2.24, 2.45) is 0 Å². The highest BCUT2D eigenvalue weighted by Gasteiger charge is 2.33. The first kappa shape index (κ1) is 14.9. The van der Waals surface area contributed by atoms with Crippen molar-refractivity contribution in [1.82, 2.24) is 10.4 Å². The van der Waals surface area contributed by atoms with Gasteiger partial charge in [0.2, 0.25) is 0 Å². The Kier molecular flexibility index (Phi) is 4.60. The van der Waals surface area contributed by atoms with Crippen LogP contribution >= 0.6 is 24.0 Å². The number of hydrazine groups is 1. The van der Waals surface area contributed by atoms with E-state index in [2.05, 4.69) is 10.7 Å². The lowest BCUT2D eigenvalue weighted by Crippen LogP contribution is -2.46. The van der Waals surface area contributed by atoms with Crippen LogP contribution in [0.1, 0.15) is 10.9 Å². The quantitative estimate of drug-likeness (QED) is 0.847. The number of nitrogens with zero attached hydrogens (tertiary/aromatic N) is 1. The van der Waals surface area contributed by atoms with Crippen molar-refractivity contribution in [3.8, 4) is 0 Å². The molecule has 1 aliphatic heterocycles. The molecule has 0 aliphatic carbocycles. The van der Waals surface area contributed by atoms with Gasteiger partial charge in [-0.2, -0.15) is 0 Å². The number of rotatable bonds is 3. The monoisotopic (exact) mass is 329 g/mol. The molecule has 0 bridgehead atoms. The molecule has 1 amide bonds. The van der Waals surface area contributed by atoms with E-state index in [9.17, 15) is 4.79 Å². The molecular weight excluding hydrogens is 314 g/mol. The normalized spacial score (nSPS) is 17.4. The van der Waals surface area contributed by atoms with Gasteiger partial charge in [0.25, 0.3) is 5.91 Å². The summed E-state index contributed by atoms with van der Waals surface area (Å²) in [5.74, 6) is 0.469. The van der Waals surface area contributed by atoms with Gasteiger partial charge in [-0.3, -0.25) is 10.2 Å². The minimum absolute atomic E-state index is 0.0241. The summed E-state index contributed by atoms with van der Waals surface area (Å²) in [7, 11) is 0. The minimum atomic E-state index is -0.0655. The van der Waals surface area contributed by atoms with Gasteiger partial charge in [0.15, 0.2) is 5.11 Å². The largest absolute Gasteiger partial charge is 0.331 e. The number of para-hydroxylation sites is 1. The van der Waals surface area contributed by atoms with Gasteiger partial charge in [0, 0.05) is 5.69 Å². The van der Waals surface area contributed by atoms with Crippen LogP contribution in [-0.2, 0) is 4.79 Å². The highest BCUT2D eigenvalue weighted by Crippen LogP contribution is 2.36. The summed E-state index contributed by atoms with van der Waals surface area (Å²) in [6.07, 6.45) is 0. The molecule has 1 saturated heterocycles. The van der Waals surface area contributed by atoms with Crippen LogP contribution in [0.5, 0.6) is 0 Å². The first-order chi connectivity index (χ1) is 10.7. The second kappa shape index (κ2) is 6.81. The summed E-state index contributed by atoms with van der Waals surface area (Å²) in [5.41, 5.74) is 4.97. The van der Waals surface area contributed by atoms with Crippen LogP contribution in [0.15, 0.2) is 60.7 Å². The Labute approximate surface area is 138 Å². The smallest absolute Gasteiger partial charge is 0.252 e. The lowest BCUT2D eigenvalue weighted by molar-refractivity contribution is -0.129. The van der Waals surface area contributed by atoms with E-state index in [4.69, 9.17) is 12.2 Å². The fourth-order valence-electron chi connectivity index (χ4n) is 2.20. The molecular formula is C16H15N3OS2. The Hall–Kier alpha value is -2.05. The molecule has 2 aromatic carbocycles. The Bertz CT molecular complexity index is 664. The Morgan fingerprint density at radius 2 is 1.73 bits per heavy atom. The zero-order chi connectivity index (χ0) is 15.4. The Balaban J connectivity index is 1.69. The van der Waals surface area contributed by atoms with Gasteiger partial charge in [0.05, 0.1) is 5.75 Å². The van der Waals surface area contributed by atoms with Crippen molar-refractivity contribution in [1.29, 1.82) is 0 Å². The number of anilines is 1. The van der Waals surface area contributed by atoms with Crippen molar-refractivity contribution in [2.75, 3.05) is 11.1 Å². The fraction of sp³-hybridized carbons (Fsp3) is 0.125. The first-order valence-corrected chi connectivity index (χ1v) is 8.31. The number of amides is 1. The first-order valence-electron chi connectivity index (χ1n) is 6.85. The standard InChI is InChI=1S/C16H15N3OS2/c20-14-11-22-15(12-7-3-1-4-8-12)19(14)18-16(21)17-13-9-5-2-6-10-13/h1-10,15H,11H2,(H2,17,18,21)/t15-/m1/s1. The molecule has 0 spiro atoms. The number of thiocarbonyl (C=S) groups is 1. The molecule has 0 unspecified atom stereocenters. The third-order valence-electron chi connectivity index (χ3n) is 3.21. The number of nitrogens with one attached hydrogen (secondary N) is 2. The van der Waals surface area contributed by atoms with Crippen molar-refractivity contribution < 1.29 is 4.79 Å². The number of carbonyl (C=O) groups excluding carboxylic acids is 1. The molecule has 0 aromatic heterocycles. The summed E-state index contributed by atoms with van der Waals surface area (Å²) in [5, 5.41) is 5.01. The predicted molar refractivity (Wildman–Crippen MR) is 94.3 cm³/mol. The zero-order valence-corrected chi connectivity index (χ0v) is 13.4.